The number of aliphatic carboxylic acids is 1. The average molecular weight is 501 g/mol. The molecule has 0 aliphatic heterocycles. The van der Waals surface area contributed by atoms with E-state index in [0.717, 1.165) is 10.5 Å². The predicted molar refractivity (Wildman–Crippen MR) is 132 cm³/mol. The van der Waals surface area contributed by atoms with Gasteiger partial charge in [-0.15, -0.1) is 0 Å². The summed E-state index contributed by atoms with van der Waals surface area (Å²) in [6.07, 6.45) is 4.72. The van der Waals surface area contributed by atoms with E-state index in [1.54, 1.807) is 64.8 Å². The summed E-state index contributed by atoms with van der Waals surface area (Å²) in [5.74, 6) is -0.453. The van der Waals surface area contributed by atoms with Gasteiger partial charge in [0, 0.05) is 18.9 Å². The first-order valence-corrected chi connectivity index (χ1v) is 12.1. The molecule has 1 saturated carbocycles. The lowest BCUT2D eigenvalue weighted by molar-refractivity contribution is -0.140. The number of hydrogen-bond acceptors (Lipinski definition) is 7. The monoisotopic (exact) mass is 500 g/mol. The van der Waals surface area contributed by atoms with Crippen LogP contribution in [0.1, 0.15) is 72.1 Å². The minimum absolute atomic E-state index is 0.0533. The molecule has 2 aromatic rings. The van der Waals surface area contributed by atoms with Crippen LogP contribution in [0, 0.1) is 12.8 Å². The molecule has 2 atom stereocenters. The molecule has 10 nitrogen and oxygen atoms in total. The van der Waals surface area contributed by atoms with Crippen molar-refractivity contribution in [2.75, 3.05) is 6.54 Å². The van der Waals surface area contributed by atoms with Crippen LogP contribution in [-0.2, 0) is 19.7 Å². The Morgan fingerprint density at radius 3 is 2.25 bits per heavy atom. The van der Waals surface area contributed by atoms with Crippen LogP contribution in [-0.4, -0.2) is 60.4 Å². The van der Waals surface area contributed by atoms with Crippen LogP contribution in [0.25, 0.3) is 5.82 Å². The number of imide groups is 1. The van der Waals surface area contributed by atoms with Crippen molar-refractivity contribution in [2.45, 2.75) is 84.3 Å². The summed E-state index contributed by atoms with van der Waals surface area (Å²) in [6, 6.07) is 3.78. The SMILES string of the molecule is Cc1ccnc(-n2cnc([C@@]3(C(=O)O)C[C@@H]3CCCN(C(=O)OC(C)(C)C)C(=O)OC(C)(C)C)c2)c1. The van der Waals surface area contributed by atoms with Gasteiger partial charge in [0.2, 0.25) is 0 Å². The smallest absolute Gasteiger partial charge is 0.419 e. The van der Waals surface area contributed by atoms with Crippen molar-refractivity contribution in [1.29, 1.82) is 0 Å². The fraction of sp³-hybridized carbons (Fsp3) is 0.577. The summed E-state index contributed by atoms with van der Waals surface area (Å²) in [7, 11) is 0. The van der Waals surface area contributed by atoms with Gasteiger partial charge in [0.05, 0.1) is 5.69 Å². The number of aryl methyl sites for hydroxylation is 1. The number of imidazole rings is 1. The highest BCUT2D eigenvalue weighted by Crippen LogP contribution is 2.56. The van der Waals surface area contributed by atoms with E-state index >= 15 is 0 Å². The lowest BCUT2D eigenvalue weighted by Crippen LogP contribution is -2.44. The molecule has 196 valence electrons. The Kier molecular flexibility index (Phi) is 7.48. The van der Waals surface area contributed by atoms with Gasteiger partial charge in [-0.2, -0.15) is 0 Å². The largest absolute Gasteiger partial charge is 0.481 e. The van der Waals surface area contributed by atoms with Crippen molar-refractivity contribution in [3.8, 4) is 5.82 Å². The van der Waals surface area contributed by atoms with Gasteiger partial charge >= 0.3 is 18.2 Å². The minimum atomic E-state index is -1.10. The maximum absolute atomic E-state index is 12.7. The molecule has 10 heteroatoms. The van der Waals surface area contributed by atoms with E-state index in [2.05, 4.69) is 9.97 Å². The zero-order valence-electron chi connectivity index (χ0n) is 22.1. The van der Waals surface area contributed by atoms with Crippen molar-refractivity contribution in [1.82, 2.24) is 19.4 Å². The predicted octanol–water partition coefficient (Wildman–Crippen LogP) is 4.87. The summed E-state index contributed by atoms with van der Waals surface area (Å²) in [4.78, 5) is 47.3. The number of carboxylic acids is 1. The van der Waals surface area contributed by atoms with Gasteiger partial charge in [0.15, 0.2) is 0 Å². The topological polar surface area (TPSA) is 124 Å². The molecule has 1 aliphatic carbocycles. The van der Waals surface area contributed by atoms with E-state index in [9.17, 15) is 19.5 Å². The zero-order valence-corrected chi connectivity index (χ0v) is 22.1. The lowest BCUT2D eigenvalue weighted by Gasteiger charge is -2.28. The number of carboxylic acid groups (broad SMARTS) is 1. The minimum Gasteiger partial charge on any atom is -0.481 e. The molecule has 36 heavy (non-hydrogen) atoms. The Morgan fingerprint density at radius 1 is 1.11 bits per heavy atom. The van der Waals surface area contributed by atoms with Crippen LogP contribution in [0.15, 0.2) is 30.9 Å². The molecule has 0 radical (unpaired) electrons. The van der Waals surface area contributed by atoms with Crippen molar-refractivity contribution >= 4 is 18.2 Å². The van der Waals surface area contributed by atoms with Crippen LogP contribution in [0.5, 0.6) is 0 Å². The van der Waals surface area contributed by atoms with Crippen molar-refractivity contribution in [3.05, 3.63) is 42.1 Å². The number of pyridine rings is 1. The Bertz CT molecular complexity index is 1100. The molecule has 1 fully saturated rings. The van der Waals surface area contributed by atoms with E-state index < -0.39 is 34.8 Å². The average Bonchev–Trinajstić information content (AvgIpc) is 3.24. The van der Waals surface area contributed by atoms with Crippen LogP contribution < -0.4 is 0 Å². The van der Waals surface area contributed by atoms with Gasteiger partial charge in [0.25, 0.3) is 0 Å². The number of aromatic nitrogens is 3. The molecule has 3 rings (SSSR count). The Labute approximate surface area is 211 Å². The molecular weight excluding hydrogens is 464 g/mol. The molecule has 2 heterocycles. The van der Waals surface area contributed by atoms with Crippen molar-refractivity contribution in [2.24, 2.45) is 5.92 Å². The van der Waals surface area contributed by atoms with Crippen LogP contribution in [0.2, 0.25) is 0 Å². The van der Waals surface area contributed by atoms with Gasteiger partial charge < -0.3 is 14.6 Å². The normalized spacial score (nSPS) is 19.5. The molecule has 1 aliphatic rings. The third-order valence-corrected chi connectivity index (χ3v) is 5.85. The standard InChI is InChI=1S/C26H36N4O6/c1-17-10-11-27-20(13-17)29-15-19(28-16-29)26(21(31)32)14-18(26)9-8-12-30(22(33)35-24(2,3)4)23(34)36-25(5,6)7/h10-11,13,15-16,18H,8-9,12,14H2,1-7H3,(H,31,32)/t18-,26+/m0/s1. The van der Waals surface area contributed by atoms with Crippen molar-refractivity contribution in [3.63, 3.8) is 0 Å². The van der Waals surface area contributed by atoms with Gasteiger partial charge in [0.1, 0.15) is 28.8 Å². The number of carbonyl (C=O) groups is 3. The van der Waals surface area contributed by atoms with E-state index in [-0.39, 0.29) is 12.5 Å². The number of rotatable bonds is 7. The molecule has 0 saturated heterocycles. The third-order valence-electron chi connectivity index (χ3n) is 5.85. The molecule has 1 N–H and O–H groups in total. The Balaban J connectivity index is 1.69. The number of amides is 2. The molecular formula is C26H36N4O6. The first-order chi connectivity index (χ1) is 16.6. The maximum Gasteiger partial charge on any atom is 0.419 e. The van der Waals surface area contributed by atoms with Crippen molar-refractivity contribution < 1.29 is 29.0 Å². The molecule has 0 bridgehead atoms. The van der Waals surface area contributed by atoms with Gasteiger partial charge in [-0.3, -0.25) is 9.36 Å². The Morgan fingerprint density at radius 2 is 1.72 bits per heavy atom. The number of nitrogens with zero attached hydrogens (tertiary/aromatic N) is 4. The summed E-state index contributed by atoms with van der Waals surface area (Å²) in [5, 5.41) is 10.1. The highest BCUT2D eigenvalue weighted by atomic mass is 16.6. The van der Waals surface area contributed by atoms with E-state index in [1.165, 1.54) is 0 Å². The van der Waals surface area contributed by atoms with Crippen LogP contribution >= 0.6 is 0 Å². The zero-order chi connectivity index (χ0) is 26.9. The number of ether oxygens (including phenoxy) is 2. The van der Waals surface area contributed by atoms with Crippen LogP contribution in [0.4, 0.5) is 9.59 Å². The van der Waals surface area contributed by atoms with E-state index in [0.29, 0.717) is 30.8 Å². The molecule has 2 amide bonds. The second-order valence-corrected chi connectivity index (χ2v) is 11.3. The van der Waals surface area contributed by atoms with E-state index in [4.69, 9.17) is 9.47 Å². The quantitative estimate of drug-likeness (QED) is 0.571. The highest BCUT2D eigenvalue weighted by Gasteiger charge is 2.62. The summed E-state index contributed by atoms with van der Waals surface area (Å²) >= 11 is 0. The number of hydrogen-bond donors (Lipinski definition) is 1. The first kappa shape index (κ1) is 27.2. The molecule has 0 aromatic carbocycles. The summed E-state index contributed by atoms with van der Waals surface area (Å²) < 4.78 is 12.5. The fourth-order valence-electron chi connectivity index (χ4n) is 4.09. The second kappa shape index (κ2) is 9.91. The maximum atomic E-state index is 12.7. The summed E-state index contributed by atoms with van der Waals surface area (Å²) in [6.45, 7) is 12.3. The first-order valence-electron chi connectivity index (χ1n) is 12.1. The van der Waals surface area contributed by atoms with Gasteiger partial charge in [-0.1, -0.05) is 0 Å². The second-order valence-electron chi connectivity index (χ2n) is 11.3. The van der Waals surface area contributed by atoms with Crippen LogP contribution in [0.3, 0.4) is 0 Å². The van der Waals surface area contributed by atoms with E-state index in [1.807, 2.05) is 19.1 Å². The number of carbonyl (C=O) groups excluding carboxylic acids is 2. The third kappa shape index (κ3) is 6.41. The molecule has 0 spiro atoms. The highest BCUT2D eigenvalue weighted by molar-refractivity contribution is 5.88. The lowest BCUT2D eigenvalue weighted by atomic mass is 9.97. The fourth-order valence-corrected chi connectivity index (χ4v) is 4.09. The molecule has 2 aromatic heterocycles. The Hall–Kier alpha value is -3.43. The molecule has 0 unspecified atom stereocenters. The van der Waals surface area contributed by atoms with Gasteiger partial charge in [-0.05, 0) is 91.3 Å². The summed E-state index contributed by atoms with van der Waals surface area (Å²) in [5.41, 5.74) is -1.15. The van der Waals surface area contributed by atoms with Gasteiger partial charge in [-0.25, -0.2) is 24.5 Å².